The molecule has 0 saturated carbocycles. The summed E-state index contributed by atoms with van der Waals surface area (Å²) in [4.78, 5) is 15.3. The number of hydrogen-bond donors (Lipinski definition) is 0. The maximum absolute atomic E-state index is 4.64. The maximum Gasteiger partial charge on any atom is 0.0797 e. The first-order valence-electron chi connectivity index (χ1n) is 6.57. The van der Waals surface area contributed by atoms with Gasteiger partial charge in [0, 0.05) is 35.4 Å². The topological polar surface area (TPSA) is 38.7 Å². The Balaban J connectivity index is 2.15. The first kappa shape index (κ1) is 13.4. The quantitative estimate of drug-likeness (QED) is 0.692. The molecule has 0 aliphatic carbocycles. The highest BCUT2D eigenvalue weighted by Crippen LogP contribution is 2.36. The average Bonchev–Trinajstić information content (AvgIpc) is 3.18. The minimum absolute atomic E-state index is 0.470. The van der Waals surface area contributed by atoms with Gasteiger partial charge in [0.15, 0.2) is 0 Å². The van der Waals surface area contributed by atoms with Crippen molar-refractivity contribution >= 4 is 22.7 Å². The summed E-state index contributed by atoms with van der Waals surface area (Å²) in [5.41, 5.74) is 7.22. The molecule has 3 aromatic rings. The van der Waals surface area contributed by atoms with Crippen LogP contribution in [0.2, 0.25) is 0 Å². The molecule has 0 aliphatic rings. The van der Waals surface area contributed by atoms with Gasteiger partial charge in [-0.3, -0.25) is 15.0 Å². The highest BCUT2D eigenvalue weighted by molar-refractivity contribution is 7.14. The lowest BCUT2D eigenvalue weighted by molar-refractivity contribution is 0.709. The molecular weight excluding hydrogens is 286 g/mol. The summed E-state index contributed by atoms with van der Waals surface area (Å²) < 4.78 is 0. The fourth-order valence-corrected chi connectivity index (χ4v) is 3.35. The number of hydrogen-bond acceptors (Lipinski definition) is 5. The van der Waals surface area contributed by atoms with Crippen LogP contribution < -0.4 is 0 Å². The highest BCUT2D eigenvalue weighted by Gasteiger charge is 2.14. The molecule has 102 valence electrons. The smallest absolute Gasteiger partial charge is 0.0797 e. The summed E-state index contributed by atoms with van der Waals surface area (Å²) in [6.45, 7) is 4.40. The van der Waals surface area contributed by atoms with Crippen molar-refractivity contribution in [2.24, 2.45) is 0 Å². The number of rotatable bonds is 4. The van der Waals surface area contributed by atoms with Gasteiger partial charge in [0.25, 0.3) is 0 Å². The van der Waals surface area contributed by atoms with Gasteiger partial charge in [-0.1, -0.05) is 13.8 Å². The Kier molecular flexibility index (Phi) is 3.89. The second-order valence-electron chi connectivity index (χ2n) is 4.70. The Labute approximate surface area is 126 Å². The van der Waals surface area contributed by atoms with Crippen molar-refractivity contribution in [2.75, 3.05) is 0 Å². The van der Waals surface area contributed by atoms with Crippen LogP contribution in [0.5, 0.6) is 0 Å². The molecule has 0 saturated heterocycles. The number of pyridine rings is 1. The SMILES string of the molecule is CCC(C)c1cc(-c2cncs2)c(-c2cncs2)cn1. The molecule has 0 amide bonds. The third-order valence-electron chi connectivity index (χ3n) is 3.44. The molecule has 0 radical (unpaired) electrons. The lowest BCUT2D eigenvalue weighted by Crippen LogP contribution is -1.97. The largest absolute Gasteiger partial charge is 0.260 e. The molecule has 3 heterocycles. The summed E-state index contributed by atoms with van der Waals surface area (Å²) in [5.74, 6) is 0.470. The first-order chi connectivity index (χ1) is 9.79. The van der Waals surface area contributed by atoms with E-state index in [2.05, 4.69) is 34.9 Å². The van der Waals surface area contributed by atoms with Gasteiger partial charge in [-0.15, -0.1) is 22.7 Å². The van der Waals surface area contributed by atoms with Crippen LogP contribution in [0.1, 0.15) is 31.9 Å². The minimum atomic E-state index is 0.470. The molecular formula is C15H15N3S2. The van der Waals surface area contributed by atoms with Gasteiger partial charge >= 0.3 is 0 Å². The first-order valence-corrected chi connectivity index (χ1v) is 8.33. The van der Waals surface area contributed by atoms with Crippen LogP contribution >= 0.6 is 22.7 Å². The maximum atomic E-state index is 4.64. The molecule has 3 aromatic heterocycles. The van der Waals surface area contributed by atoms with Gasteiger partial charge < -0.3 is 0 Å². The van der Waals surface area contributed by atoms with E-state index in [0.717, 1.165) is 22.6 Å². The fraction of sp³-hybridized carbons (Fsp3) is 0.267. The van der Waals surface area contributed by atoms with Gasteiger partial charge in [-0.25, -0.2) is 0 Å². The third-order valence-corrected chi connectivity index (χ3v) is 5.05. The summed E-state index contributed by atoms with van der Waals surface area (Å²) in [6.07, 6.45) is 6.89. The molecule has 5 heteroatoms. The van der Waals surface area contributed by atoms with Gasteiger partial charge in [-0.05, 0) is 18.4 Å². The van der Waals surface area contributed by atoms with E-state index in [4.69, 9.17) is 0 Å². The lowest BCUT2D eigenvalue weighted by Gasteiger charge is -2.12. The van der Waals surface area contributed by atoms with Crippen molar-refractivity contribution in [1.82, 2.24) is 15.0 Å². The van der Waals surface area contributed by atoms with Crippen LogP contribution in [0.3, 0.4) is 0 Å². The minimum Gasteiger partial charge on any atom is -0.260 e. The van der Waals surface area contributed by atoms with Gasteiger partial charge in [0.05, 0.1) is 20.8 Å². The molecule has 3 nitrogen and oxygen atoms in total. The van der Waals surface area contributed by atoms with Crippen LogP contribution in [0.15, 0.2) is 35.7 Å². The van der Waals surface area contributed by atoms with Crippen molar-refractivity contribution in [3.63, 3.8) is 0 Å². The average molecular weight is 301 g/mol. The third kappa shape index (κ3) is 2.51. The molecule has 1 atom stereocenters. The Bertz CT molecular complexity index is 675. The van der Waals surface area contributed by atoms with Crippen molar-refractivity contribution < 1.29 is 0 Å². The van der Waals surface area contributed by atoms with Gasteiger partial charge in [-0.2, -0.15) is 0 Å². The van der Waals surface area contributed by atoms with E-state index in [1.165, 1.54) is 10.4 Å². The van der Waals surface area contributed by atoms with Crippen molar-refractivity contribution in [3.05, 3.63) is 41.4 Å². The number of thiazole rings is 2. The summed E-state index contributed by atoms with van der Waals surface area (Å²) in [5, 5.41) is 0. The Hall–Kier alpha value is -1.59. The second-order valence-corrected chi connectivity index (χ2v) is 6.47. The monoisotopic (exact) mass is 301 g/mol. The van der Waals surface area contributed by atoms with Crippen LogP contribution in [-0.4, -0.2) is 15.0 Å². The van der Waals surface area contributed by atoms with Crippen LogP contribution in [0.4, 0.5) is 0 Å². The standard InChI is InChI=1S/C15H15N3S2/c1-3-10(2)13-4-11(14-6-16-8-19-14)12(5-18-13)15-7-17-9-20-15/h4-10H,3H2,1-2H3. The Morgan fingerprint density at radius 3 is 2.20 bits per heavy atom. The van der Waals surface area contributed by atoms with E-state index in [9.17, 15) is 0 Å². The summed E-state index contributed by atoms with van der Waals surface area (Å²) >= 11 is 3.30. The lowest BCUT2D eigenvalue weighted by atomic mass is 9.99. The number of aromatic nitrogens is 3. The van der Waals surface area contributed by atoms with Gasteiger partial charge in [0.1, 0.15) is 0 Å². The highest BCUT2D eigenvalue weighted by atomic mass is 32.1. The van der Waals surface area contributed by atoms with Crippen molar-refractivity contribution in [3.8, 4) is 20.9 Å². The van der Waals surface area contributed by atoms with E-state index < -0.39 is 0 Å². The fourth-order valence-electron chi connectivity index (χ4n) is 2.05. The van der Waals surface area contributed by atoms with Crippen LogP contribution in [0, 0.1) is 0 Å². The Morgan fingerprint density at radius 1 is 1.00 bits per heavy atom. The molecule has 3 rings (SSSR count). The zero-order valence-electron chi connectivity index (χ0n) is 11.4. The summed E-state index contributed by atoms with van der Waals surface area (Å²) in [7, 11) is 0. The van der Waals surface area contributed by atoms with Gasteiger partial charge in [0.2, 0.25) is 0 Å². The number of nitrogens with zero attached hydrogens (tertiary/aromatic N) is 3. The second kappa shape index (κ2) is 5.81. The molecule has 0 bridgehead atoms. The van der Waals surface area contributed by atoms with E-state index >= 15 is 0 Å². The van der Waals surface area contributed by atoms with E-state index in [1.807, 2.05) is 29.6 Å². The normalized spacial score (nSPS) is 12.5. The van der Waals surface area contributed by atoms with Crippen LogP contribution in [-0.2, 0) is 0 Å². The van der Waals surface area contributed by atoms with Crippen molar-refractivity contribution in [1.29, 1.82) is 0 Å². The van der Waals surface area contributed by atoms with Crippen molar-refractivity contribution in [2.45, 2.75) is 26.2 Å². The zero-order chi connectivity index (χ0) is 13.9. The van der Waals surface area contributed by atoms with E-state index in [0.29, 0.717) is 5.92 Å². The molecule has 0 fully saturated rings. The van der Waals surface area contributed by atoms with E-state index in [-0.39, 0.29) is 0 Å². The molecule has 0 aliphatic heterocycles. The zero-order valence-corrected chi connectivity index (χ0v) is 13.0. The predicted molar refractivity (Wildman–Crippen MR) is 85.2 cm³/mol. The molecule has 20 heavy (non-hydrogen) atoms. The van der Waals surface area contributed by atoms with Crippen LogP contribution in [0.25, 0.3) is 20.9 Å². The Morgan fingerprint density at radius 2 is 1.65 bits per heavy atom. The molecule has 0 aromatic carbocycles. The van der Waals surface area contributed by atoms with E-state index in [1.54, 1.807) is 22.7 Å². The summed E-state index contributed by atoms with van der Waals surface area (Å²) in [6, 6.07) is 2.21. The molecule has 0 spiro atoms. The molecule has 0 N–H and O–H groups in total. The predicted octanol–water partition coefficient (Wildman–Crippen LogP) is 4.84. The molecule has 1 unspecified atom stereocenters.